The first-order valence-corrected chi connectivity index (χ1v) is 5.79. The second-order valence-electron chi connectivity index (χ2n) is 3.92. The zero-order chi connectivity index (χ0) is 11.4. The van der Waals surface area contributed by atoms with Gasteiger partial charge in [0, 0.05) is 24.8 Å². The molecule has 4 nitrogen and oxygen atoms in total. The number of hydrogen-bond donors (Lipinski definition) is 1. The molecule has 1 aromatic heterocycles. The maximum Gasteiger partial charge on any atom is 0.146 e. The molecule has 1 rings (SSSR count). The van der Waals surface area contributed by atoms with Crippen LogP contribution in [0.15, 0.2) is 17.0 Å². The summed E-state index contributed by atoms with van der Waals surface area (Å²) in [5.74, 6) is 0.900. The number of anilines is 1. The Kier molecular flexibility index (Phi) is 4.47. The summed E-state index contributed by atoms with van der Waals surface area (Å²) in [5, 5.41) is 0. The van der Waals surface area contributed by atoms with Crippen molar-refractivity contribution in [1.29, 1.82) is 0 Å². The zero-order valence-electron chi connectivity index (χ0n) is 9.31. The van der Waals surface area contributed by atoms with Crippen LogP contribution in [0.3, 0.4) is 0 Å². The molecule has 0 aliphatic rings. The summed E-state index contributed by atoms with van der Waals surface area (Å²) in [4.78, 5) is 10.4. The highest BCUT2D eigenvalue weighted by Gasteiger charge is 2.16. The predicted octanol–water partition coefficient (Wildman–Crippen LogP) is 1.80. The molecule has 84 valence electrons. The Morgan fingerprint density at radius 2 is 2.13 bits per heavy atom. The molecule has 1 heterocycles. The van der Waals surface area contributed by atoms with Crippen molar-refractivity contribution in [2.45, 2.75) is 32.9 Å². The number of hydrogen-bond acceptors (Lipinski definition) is 4. The molecule has 0 radical (unpaired) electrons. The first-order chi connectivity index (χ1) is 7.02. The van der Waals surface area contributed by atoms with Crippen LogP contribution >= 0.6 is 15.9 Å². The highest BCUT2D eigenvalue weighted by Crippen LogP contribution is 2.23. The maximum absolute atomic E-state index is 5.82. The Morgan fingerprint density at radius 1 is 1.47 bits per heavy atom. The van der Waals surface area contributed by atoms with Gasteiger partial charge in [0.2, 0.25) is 0 Å². The third-order valence-electron chi connectivity index (χ3n) is 2.03. The summed E-state index contributed by atoms with van der Waals surface area (Å²) in [5.41, 5.74) is 5.82. The summed E-state index contributed by atoms with van der Waals surface area (Å²) in [6.45, 7) is 7.02. The van der Waals surface area contributed by atoms with E-state index in [0.29, 0.717) is 6.04 Å². The number of halogens is 1. The van der Waals surface area contributed by atoms with Gasteiger partial charge in [-0.05, 0) is 36.7 Å². The lowest BCUT2D eigenvalue weighted by molar-refractivity contribution is 0.611. The number of aromatic nitrogens is 2. The average Bonchev–Trinajstić information content (AvgIpc) is 2.15. The summed E-state index contributed by atoms with van der Waals surface area (Å²) in [6, 6.07) is 0.483. The van der Waals surface area contributed by atoms with E-state index in [0.717, 1.165) is 16.8 Å². The molecule has 5 heteroatoms. The molecule has 0 fully saturated rings. The Balaban J connectivity index is 2.94. The van der Waals surface area contributed by atoms with E-state index >= 15 is 0 Å². The first kappa shape index (κ1) is 12.4. The van der Waals surface area contributed by atoms with Gasteiger partial charge in [0.1, 0.15) is 12.1 Å². The fourth-order valence-electron chi connectivity index (χ4n) is 1.37. The van der Waals surface area contributed by atoms with Gasteiger partial charge in [-0.3, -0.25) is 0 Å². The van der Waals surface area contributed by atoms with Crippen molar-refractivity contribution in [1.82, 2.24) is 9.97 Å². The third-order valence-corrected chi connectivity index (χ3v) is 2.59. The minimum atomic E-state index is 0.120. The van der Waals surface area contributed by atoms with Gasteiger partial charge in [-0.25, -0.2) is 9.97 Å². The Bertz CT molecular complexity index is 314. The highest BCUT2D eigenvalue weighted by molar-refractivity contribution is 9.10. The maximum atomic E-state index is 5.82. The summed E-state index contributed by atoms with van der Waals surface area (Å²) in [6.07, 6.45) is 3.30. The van der Waals surface area contributed by atoms with Crippen LogP contribution in [0, 0.1) is 0 Å². The van der Waals surface area contributed by atoms with E-state index in [1.165, 1.54) is 0 Å². The molecular weight excluding hydrogens is 256 g/mol. The lowest BCUT2D eigenvalue weighted by Crippen LogP contribution is -2.40. The van der Waals surface area contributed by atoms with Crippen molar-refractivity contribution in [2.75, 3.05) is 11.4 Å². The summed E-state index contributed by atoms with van der Waals surface area (Å²) >= 11 is 3.45. The molecule has 2 N–H and O–H groups in total. The van der Waals surface area contributed by atoms with Crippen LogP contribution < -0.4 is 10.6 Å². The smallest absolute Gasteiger partial charge is 0.146 e. The van der Waals surface area contributed by atoms with E-state index in [1.54, 1.807) is 12.5 Å². The Morgan fingerprint density at radius 3 is 2.60 bits per heavy atom. The quantitative estimate of drug-likeness (QED) is 0.908. The SMILES string of the molecule is CC(N)CN(c1ncncc1Br)C(C)C. The van der Waals surface area contributed by atoms with E-state index < -0.39 is 0 Å². The second-order valence-corrected chi connectivity index (χ2v) is 4.77. The molecule has 0 aliphatic carbocycles. The van der Waals surface area contributed by atoms with E-state index in [1.807, 2.05) is 6.92 Å². The fourth-order valence-corrected chi connectivity index (χ4v) is 1.82. The largest absolute Gasteiger partial charge is 0.352 e. The van der Waals surface area contributed by atoms with Gasteiger partial charge in [-0.1, -0.05) is 0 Å². The normalized spacial score (nSPS) is 12.9. The van der Waals surface area contributed by atoms with Crippen LogP contribution in [-0.2, 0) is 0 Å². The number of rotatable bonds is 4. The predicted molar refractivity (Wildman–Crippen MR) is 65.9 cm³/mol. The molecular formula is C10H17BrN4. The zero-order valence-corrected chi connectivity index (χ0v) is 10.9. The monoisotopic (exact) mass is 272 g/mol. The lowest BCUT2D eigenvalue weighted by Gasteiger charge is -2.29. The molecule has 1 unspecified atom stereocenters. The number of nitrogens with zero attached hydrogens (tertiary/aromatic N) is 3. The average molecular weight is 273 g/mol. The van der Waals surface area contributed by atoms with Gasteiger partial charge < -0.3 is 10.6 Å². The standard InChI is InChI=1S/C10H17BrN4/c1-7(2)15(5-8(3)12)10-9(11)4-13-6-14-10/h4,6-8H,5,12H2,1-3H3. The van der Waals surface area contributed by atoms with Gasteiger partial charge in [-0.2, -0.15) is 0 Å². The van der Waals surface area contributed by atoms with Crippen LogP contribution in [-0.4, -0.2) is 28.6 Å². The third kappa shape index (κ3) is 3.43. The van der Waals surface area contributed by atoms with E-state index in [4.69, 9.17) is 5.73 Å². The highest BCUT2D eigenvalue weighted by atomic mass is 79.9. The Hall–Kier alpha value is -0.680. The topological polar surface area (TPSA) is 55.0 Å². The molecule has 0 saturated heterocycles. The molecule has 0 aromatic carbocycles. The molecule has 1 aromatic rings. The van der Waals surface area contributed by atoms with Gasteiger partial charge in [0.15, 0.2) is 0 Å². The molecule has 0 aliphatic heterocycles. The molecule has 1 atom stereocenters. The van der Waals surface area contributed by atoms with Crippen molar-refractivity contribution < 1.29 is 0 Å². The van der Waals surface area contributed by atoms with Gasteiger partial charge >= 0.3 is 0 Å². The fraction of sp³-hybridized carbons (Fsp3) is 0.600. The molecule has 0 spiro atoms. The van der Waals surface area contributed by atoms with E-state index in [9.17, 15) is 0 Å². The summed E-state index contributed by atoms with van der Waals surface area (Å²) < 4.78 is 0.902. The minimum absolute atomic E-state index is 0.120. The molecule has 0 saturated carbocycles. The van der Waals surface area contributed by atoms with Crippen molar-refractivity contribution in [3.8, 4) is 0 Å². The number of nitrogens with two attached hydrogens (primary N) is 1. The van der Waals surface area contributed by atoms with E-state index in [-0.39, 0.29) is 6.04 Å². The van der Waals surface area contributed by atoms with Gasteiger partial charge in [0.05, 0.1) is 4.47 Å². The molecule has 0 bridgehead atoms. The molecule has 15 heavy (non-hydrogen) atoms. The van der Waals surface area contributed by atoms with E-state index in [2.05, 4.69) is 44.6 Å². The van der Waals surface area contributed by atoms with Gasteiger partial charge in [0.25, 0.3) is 0 Å². The summed E-state index contributed by atoms with van der Waals surface area (Å²) in [7, 11) is 0. The second kappa shape index (κ2) is 5.42. The Labute approximate surface area is 99.0 Å². The first-order valence-electron chi connectivity index (χ1n) is 5.00. The van der Waals surface area contributed by atoms with Crippen LogP contribution in [0.2, 0.25) is 0 Å². The van der Waals surface area contributed by atoms with Crippen molar-refractivity contribution in [3.05, 3.63) is 17.0 Å². The van der Waals surface area contributed by atoms with Crippen LogP contribution in [0.5, 0.6) is 0 Å². The van der Waals surface area contributed by atoms with Gasteiger partial charge in [-0.15, -0.1) is 0 Å². The van der Waals surface area contributed by atoms with Crippen molar-refractivity contribution >= 4 is 21.7 Å². The van der Waals surface area contributed by atoms with Crippen molar-refractivity contribution in [2.24, 2.45) is 5.73 Å². The lowest BCUT2D eigenvalue weighted by atomic mass is 10.2. The minimum Gasteiger partial charge on any atom is -0.352 e. The van der Waals surface area contributed by atoms with Crippen LogP contribution in [0.4, 0.5) is 5.82 Å². The van der Waals surface area contributed by atoms with Crippen LogP contribution in [0.25, 0.3) is 0 Å². The van der Waals surface area contributed by atoms with Crippen molar-refractivity contribution in [3.63, 3.8) is 0 Å². The molecule has 0 amide bonds. The van der Waals surface area contributed by atoms with Crippen LogP contribution in [0.1, 0.15) is 20.8 Å².